The fourth-order valence-electron chi connectivity index (χ4n) is 3.90. The minimum atomic E-state index is -3.21. The van der Waals surface area contributed by atoms with Gasteiger partial charge in [0.1, 0.15) is 0 Å². The SMILES string of the molecule is CCCS(=O)(=O)N1CCC(NC(=O)c2cc(-c3ccc(C)s3)nc3onc(C)c23)CC1. The maximum absolute atomic E-state index is 13.2. The summed E-state index contributed by atoms with van der Waals surface area (Å²) < 4.78 is 31.5. The molecule has 31 heavy (non-hydrogen) atoms. The first-order valence-corrected chi connectivity index (χ1v) is 12.8. The van der Waals surface area contributed by atoms with E-state index in [1.54, 1.807) is 24.3 Å². The lowest BCUT2D eigenvalue weighted by Crippen LogP contribution is -2.47. The first kappa shape index (κ1) is 21.9. The van der Waals surface area contributed by atoms with Crippen LogP contribution in [0.25, 0.3) is 21.7 Å². The first-order chi connectivity index (χ1) is 14.8. The minimum absolute atomic E-state index is 0.0867. The average molecular weight is 463 g/mol. The Morgan fingerprint density at radius 3 is 2.68 bits per heavy atom. The number of amides is 1. The lowest BCUT2D eigenvalue weighted by Gasteiger charge is -2.31. The van der Waals surface area contributed by atoms with Crippen LogP contribution in [0.5, 0.6) is 0 Å². The number of rotatable bonds is 6. The van der Waals surface area contributed by atoms with Crippen molar-refractivity contribution in [2.75, 3.05) is 18.8 Å². The Balaban J connectivity index is 1.55. The van der Waals surface area contributed by atoms with Gasteiger partial charge < -0.3 is 9.84 Å². The van der Waals surface area contributed by atoms with Crippen molar-refractivity contribution in [2.24, 2.45) is 0 Å². The molecule has 10 heteroatoms. The molecule has 1 amide bonds. The van der Waals surface area contributed by atoms with Gasteiger partial charge >= 0.3 is 0 Å². The Morgan fingerprint density at radius 2 is 2.03 bits per heavy atom. The predicted octanol–water partition coefficient (Wildman–Crippen LogP) is 3.50. The molecule has 1 aliphatic rings. The van der Waals surface area contributed by atoms with Gasteiger partial charge in [-0.15, -0.1) is 11.3 Å². The molecule has 0 atom stereocenters. The van der Waals surface area contributed by atoms with E-state index in [2.05, 4.69) is 15.5 Å². The van der Waals surface area contributed by atoms with Crippen molar-refractivity contribution in [3.05, 3.63) is 34.3 Å². The number of nitrogens with one attached hydrogen (secondary N) is 1. The lowest BCUT2D eigenvalue weighted by atomic mass is 10.0. The Kier molecular flexibility index (Phi) is 6.14. The third-order valence-electron chi connectivity index (χ3n) is 5.50. The molecule has 0 spiro atoms. The number of carbonyl (C=O) groups is 1. The normalized spacial score (nSPS) is 16.1. The Bertz CT molecular complexity index is 1210. The highest BCUT2D eigenvalue weighted by atomic mass is 32.2. The number of piperidine rings is 1. The first-order valence-electron chi connectivity index (χ1n) is 10.4. The van der Waals surface area contributed by atoms with Gasteiger partial charge in [-0.05, 0) is 51.3 Å². The van der Waals surface area contributed by atoms with Crippen LogP contribution in [0.2, 0.25) is 0 Å². The Hall–Kier alpha value is -2.30. The summed E-state index contributed by atoms with van der Waals surface area (Å²) >= 11 is 1.60. The summed E-state index contributed by atoms with van der Waals surface area (Å²) in [7, 11) is -3.21. The Morgan fingerprint density at radius 1 is 1.29 bits per heavy atom. The smallest absolute Gasteiger partial charge is 0.259 e. The van der Waals surface area contributed by atoms with Gasteiger partial charge in [0.25, 0.3) is 11.6 Å². The van der Waals surface area contributed by atoms with Gasteiger partial charge in [-0.1, -0.05) is 12.1 Å². The number of hydrogen-bond donors (Lipinski definition) is 1. The van der Waals surface area contributed by atoms with Crippen molar-refractivity contribution < 1.29 is 17.7 Å². The zero-order valence-electron chi connectivity index (χ0n) is 17.8. The minimum Gasteiger partial charge on any atom is -0.349 e. The molecule has 0 bridgehead atoms. The third-order valence-corrected chi connectivity index (χ3v) is 8.60. The van der Waals surface area contributed by atoms with E-state index in [0.29, 0.717) is 60.4 Å². The number of fused-ring (bicyclic) bond motifs is 1. The quantitative estimate of drug-likeness (QED) is 0.601. The molecule has 1 fully saturated rings. The van der Waals surface area contributed by atoms with Gasteiger partial charge in [-0.3, -0.25) is 4.79 Å². The van der Waals surface area contributed by atoms with Crippen LogP contribution in [0, 0.1) is 13.8 Å². The molecule has 4 heterocycles. The third kappa shape index (κ3) is 4.51. The van der Waals surface area contributed by atoms with Crippen molar-refractivity contribution >= 4 is 38.4 Å². The van der Waals surface area contributed by atoms with Gasteiger partial charge in [0.05, 0.1) is 33.0 Å². The zero-order valence-corrected chi connectivity index (χ0v) is 19.5. The monoisotopic (exact) mass is 462 g/mol. The molecule has 0 unspecified atom stereocenters. The molecular formula is C21H26N4O4S2. The summed E-state index contributed by atoms with van der Waals surface area (Å²) in [6.07, 6.45) is 1.77. The van der Waals surface area contributed by atoms with E-state index in [1.807, 2.05) is 26.0 Å². The second-order valence-electron chi connectivity index (χ2n) is 7.88. The molecule has 166 valence electrons. The molecule has 0 saturated carbocycles. The van der Waals surface area contributed by atoms with Crippen LogP contribution in [0.1, 0.15) is 47.1 Å². The largest absolute Gasteiger partial charge is 0.349 e. The number of thiophene rings is 1. The van der Waals surface area contributed by atoms with Crippen LogP contribution >= 0.6 is 11.3 Å². The maximum Gasteiger partial charge on any atom is 0.259 e. The standard InChI is InChI=1S/C21H26N4O4S2/c1-4-11-31(27,28)25-9-7-15(8-10-25)22-20(26)16-12-17(18-6-5-13(2)30-18)23-21-19(16)14(3)24-29-21/h5-6,12,15H,4,7-11H2,1-3H3,(H,22,26). The van der Waals surface area contributed by atoms with E-state index >= 15 is 0 Å². The van der Waals surface area contributed by atoms with Gasteiger partial charge in [0.15, 0.2) is 0 Å². The topological polar surface area (TPSA) is 105 Å². The molecule has 0 aliphatic carbocycles. The molecule has 3 aromatic rings. The highest BCUT2D eigenvalue weighted by Crippen LogP contribution is 2.31. The van der Waals surface area contributed by atoms with Gasteiger partial charge in [-0.25, -0.2) is 17.7 Å². The molecule has 0 aromatic carbocycles. The predicted molar refractivity (Wildman–Crippen MR) is 121 cm³/mol. The number of sulfonamides is 1. The van der Waals surface area contributed by atoms with E-state index < -0.39 is 10.0 Å². The molecule has 1 saturated heterocycles. The van der Waals surface area contributed by atoms with Gasteiger partial charge in [0.2, 0.25) is 10.0 Å². The summed E-state index contributed by atoms with van der Waals surface area (Å²) in [4.78, 5) is 19.9. The van der Waals surface area contributed by atoms with Crippen LogP contribution in [0.3, 0.4) is 0 Å². The molecule has 1 N–H and O–H groups in total. The fourth-order valence-corrected chi connectivity index (χ4v) is 6.27. The summed E-state index contributed by atoms with van der Waals surface area (Å²) in [5, 5.41) is 7.68. The zero-order chi connectivity index (χ0) is 22.2. The number of carbonyl (C=O) groups excluding carboxylic acids is 1. The fraction of sp³-hybridized carbons (Fsp3) is 0.476. The van der Waals surface area contributed by atoms with Crippen LogP contribution in [0.15, 0.2) is 22.7 Å². The number of aryl methyl sites for hydroxylation is 2. The number of nitrogens with zero attached hydrogens (tertiary/aromatic N) is 3. The van der Waals surface area contributed by atoms with E-state index in [9.17, 15) is 13.2 Å². The molecule has 1 aliphatic heterocycles. The van der Waals surface area contributed by atoms with Crippen LogP contribution in [-0.2, 0) is 10.0 Å². The second-order valence-corrected chi connectivity index (χ2v) is 11.3. The molecule has 0 radical (unpaired) electrons. The van der Waals surface area contributed by atoms with Crippen LogP contribution in [0.4, 0.5) is 0 Å². The number of pyridine rings is 1. The van der Waals surface area contributed by atoms with Crippen molar-refractivity contribution in [1.29, 1.82) is 0 Å². The highest BCUT2D eigenvalue weighted by Gasteiger charge is 2.29. The van der Waals surface area contributed by atoms with Crippen molar-refractivity contribution in [2.45, 2.75) is 46.1 Å². The molecule has 3 aromatic heterocycles. The van der Waals surface area contributed by atoms with Gasteiger partial charge in [0, 0.05) is 24.0 Å². The second kappa shape index (κ2) is 8.68. The average Bonchev–Trinajstić information content (AvgIpc) is 3.33. The summed E-state index contributed by atoms with van der Waals surface area (Å²) in [5.74, 6) is -0.0559. The number of aromatic nitrogens is 2. The lowest BCUT2D eigenvalue weighted by molar-refractivity contribution is 0.0925. The Labute approximate surface area is 185 Å². The van der Waals surface area contributed by atoms with Crippen molar-refractivity contribution in [1.82, 2.24) is 19.8 Å². The van der Waals surface area contributed by atoms with Crippen LogP contribution < -0.4 is 5.32 Å². The maximum atomic E-state index is 13.2. The molecule has 4 rings (SSSR count). The summed E-state index contributed by atoms with van der Waals surface area (Å²) in [5.41, 5.74) is 2.10. The summed E-state index contributed by atoms with van der Waals surface area (Å²) in [6.45, 7) is 6.51. The van der Waals surface area contributed by atoms with Crippen molar-refractivity contribution in [3.63, 3.8) is 0 Å². The molecule has 8 nitrogen and oxygen atoms in total. The van der Waals surface area contributed by atoms with E-state index in [0.717, 1.165) is 9.75 Å². The summed E-state index contributed by atoms with van der Waals surface area (Å²) in [6, 6.07) is 5.69. The van der Waals surface area contributed by atoms with Crippen molar-refractivity contribution in [3.8, 4) is 10.6 Å². The number of hydrogen-bond acceptors (Lipinski definition) is 7. The highest BCUT2D eigenvalue weighted by molar-refractivity contribution is 7.89. The molecular weight excluding hydrogens is 436 g/mol. The van der Waals surface area contributed by atoms with E-state index in [-0.39, 0.29) is 17.7 Å². The van der Waals surface area contributed by atoms with E-state index in [1.165, 1.54) is 4.31 Å². The van der Waals surface area contributed by atoms with E-state index in [4.69, 9.17) is 4.52 Å². The van der Waals surface area contributed by atoms with Crippen LogP contribution in [-0.4, -0.2) is 53.7 Å². The van der Waals surface area contributed by atoms with Gasteiger partial charge in [-0.2, -0.15) is 0 Å².